The lowest BCUT2D eigenvalue weighted by atomic mass is 9.79. The molecule has 1 aliphatic rings. The molecular formula is C16H27Cl2FN2O. The first kappa shape index (κ1) is 21.4. The van der Waals surface area contributed by atoms with Crippen LogP contribution in [0.25, 0.3) is 0 Å². The number of nitrogens with zero attached hydrogens (tertiary/aromatic N) is 1. The van der Waals surface area contributed by atoms with Crippen LogP contribution in [0.15, 0.2) is 12.1 Å². The zero-order chi connectivity index (χ0) is 14.9. The largest absolute Gasteiger partial charge is 0.505 e. The molecule has 3 nitrogen and oxygen atoms in total. The van der Waals surface area contributed by atoms with Crippen molar-refractivity contribution in [1.82, 2.24) is 10.2 Å². The van der Waals surface area contributed by atoms with E-state index < -0.39 is 5.82 Å². The number of phenols is 1. The van der Waals surface area contributed by atoms with E-state index >= 15 is 0 Å². The molecule has 1 fully saturated rings. The molecule has 128 valence electrons. The van der Waals surface area contributed by atoms with Gasteiger partial charge in [0.25, 0.3) is 0 Å². The third-order valence-electron chi connectivity index (χ3n) is 4.00. The highest BCUT2D eigenvalue weighted by molar-refractivity contribution is 5.85. The first-order valence-electron chi connectivity index (χ1n) is 7.25. The van der Waals surface area contributed by atoms with Crippen LogP contribution >= 0.6 is 24.8 Å². The van der Waals surface area contributed by atoms with Crippen LogP contribution in [-0.4, -0.2) is 36.2 Å². The highest BCUT2D eigenvalue weighted by Crippen LogP contribution is 2.43. The number of aryl methyl sites for hydroxylation is 1. The number of piperazine rings is 1. The van der Waals surface area contributed by atoms with Crippen LogP contribution < -0.4 is 5.32 Å². The van der Waals surface area contributed by atoms with Crippen LogP contribution in [0, 0.1) is 18.2 Å². The third kappa shape index (κ3) is 4.48. The van der Waals surface area contributed by atoms with Crippen LogP contribution in [0.1, 0.15) is 37.9 Å². The lowest BCUT2D eigenvalue weighted by Crippen LogP contribution is -2.48. The minimum atomic E-state index is -0.532. The SMILES string of the molecule is Cc1ccc(F)c(O)c1[C@H](N1CCNCC1)C(C)(C)C.Cl.Cl. The fourth-order valence-corrected chi connectivity index (χ4v) is 3.13. The standard InChI is InChI=1S/C16H25FN2O.2ClH/c1-11-5-6-12(17)14(20)13(11)15(16(2,3)4)19-9-7-18-8-10-19;;/h5-6,15,18,20H,7-10H2,1-4H3;2*1H/t15-;;/m0../s1. The quantitative estimate of drug-likeness (QED) is 0.852. The molecule has 0 aliphatic carbocycles. The third-order valence-corrected chi connectivity index (χ3v) is 4.00. The number of phenolic OH excluding ortho intramolecular Hbond substituents is 1. The first-order chi connectivity index (χ1) is 9.32. The van der Waals surface area contributed by atoms with Gasteiger partial charge in [-0.05, 0) is 24.0 Å². The Labute approximate surface area is 145 Å². The summed E-state index contributed by atoms with van der Waals surface area (Å²) in [7, 11) is 0. The van der Waals surface area contributed by atoms with E-state index in [1.807, 2.05) is 6.92 Å². The molecule has 1 aliphatic heterocycles. The highest BCUT2D eigenvalue weighted by Gasteiger charge is 2.35. The second-order valence-corrected chi connectivity index (χ2v) is 6.68. The molecule has 0 aromatic heterocycles. The van der Waals surface area contributed by atoms with Crippen LogP contribution in [-0.2, 0) is 0 Å². The Morgan fingerprint density at radius 1 is 1.18 bits per heavy atom. The van der Waals surface area contributed by atoms with Crippen molar-refractivity contribution in [2.45, 2.75) is 33.7 Å². The molecule has 0 saturated carbocycles. The van der Waals surface area contributed by atoms with Crippen molar-refractivity contribution in [3.63, 3.8) is 0 Å². The van der Waals surface area contributed by atoms with Gasteiger partial charge in [-0.15, -0.1) is 24.8 Å². The molecule has 2 N–H and O–H groups in total. The number of rotatable bonds is 2. The molecule has 0 bridgehead atoms. The van der Waals surface area contributed by atoms with E-state index in [0.29, 0.717) is 0 Å². The van der Waals surface area contributed by atoms with Crippen molar-refractivity contribution in [2.24, 2.45) is 5.41 Å². The number of halogens is 3. The zero-order valence-corrected chi connectivity index (χ0v) is 15.3. The molecule has 6 heteroatoms. The molecule has 1 saturated heterocycles. The lowest BCUT2D eigenvalue weighted by molar-refractivity contribution is 0.0833. The Hall–Kier alpha value is -0.550. The molecule has 0 unspecified atom stereocenters. The molecule has 1 heterocycles. The molecule has 2 rings (SSSR count). The van der Waals surface area contributed by atoms with Crippen molar-refractivity contribution in [2.75, 3.05) is 26.2 Å². The van der Waals surface area contributed by atoms with Crippen LogP contribution in [0.2, 0.25) is 0 Å². The molecule has 0 spiro atoms. The van der Waals surface area contributed by atoms with Crippen molar-refractivity contribution in [3.05, 3.63) is 29.1 Å². The van der Waals surface area contributed by atoms with Crippen LogP contribution in [0.5, 0.6) is 5.75 Å². The normalized spacial score (nSPS) is 17.3. The van der Waals surface area contributed by atoms with Gasteiger partial charge in [0.1, 0.15) is 0 Å². The molecule has 1 atom stereocenters. The van der Waals surface area contributed by atoms with Gasteiger partial charge < -0.3 is 10.4 Å². The highest BCUT2D eigenvalue weighted by atomic mass is 35.5. The average molecular weight is 353 g/mol. The van der Waals surface area contributed by atoms with Gasteiger partial charge >= 0.3 is 0 Å². The van der Waals surface area contributed by atoms with E-state index in [1.54, 1.807) is 6.07 Å². The van der Waals surface area contributed by atoms with Gasteiger partial charge in [0.05, 0.1) is 0 Å². The fourth-order valence-electron chi connectivity index (χ4n) is 3.13. The molecule has 1 aromatic rings. The second-order valence-electron chi connectivity index (χ2n) is 6.68. The Bertz CT molecular complexity index is 486. The van der Waals surface area contributed by atoms with Crippen LogP contribution in [0.3, 0.4) is 0 Å². The summed E-state index contributed by atoms with van der Waals surface area (Å²) in [6.45, 7) is 12.1. The smallest absolute Gasteiger partial charge is 0.165 e. The van der Waals surface area contributed by atoms with Crippen molar-refractivity contribution >= 4 is 24.8 Å². The van der Waals surface area contributed by atoms with Gasteiger partial charge in [0, 0.05) is 37.8 Å². The van der Waals surface area contributed by atoms with Crippen molar-refractivity contribution in [1.29, 1.82) is 0 Å². The Morgan fingerprint density at radius 3 is 2.23 bits per heavy atom. The van der Waals surface area contributed by atoms with E-state index in [-0.39, 0.29) is 42.0 Å². The number of hydrogen-bond donors (Lipinski definition) is 2. The zero-order valence-electron chi connectivity index (χ0n) is 13.6. The summed E-state index contributed by atoms with van der Waals surface area (Å²) in [5.41, 5.74) is 1.61. The van der Waals surface area contributed by atoms with E-state index in [1.165, 1.54) is 6.07 Å². The van der Waals surface area contributed by atoms with Gasteiger partial charge in [-0.3, -0.25) is 4.90 Å². The predicted octanol–water partition coefficient (Wildman–Crippen LogP) is 3.68. The number of hydrogen-bond acceptors (Lipinski definition) is 3. The number of aromatic hydroxyl groups is 1. The minimum absolute atomic E-state index is 0. The summed E-state index contributed by atoms with van der Waals surface area (Å²) >= 11 is 0. The van der Waals surface area contributed by atoms with Gasteiger partial charge in [0.2, 0.25) is 0 Å². The van der Waals surface area contributed by atoms with E-state index in [2.05, 4.69) is 31.0 Å². The summed E-state index contributed by atoms with van der Waals surface area (Å²) < 4.78 is 13.8. The predicted molar refractivity (Wildman–Crippen MR) is 93.9 cm³/mol. The Kier molecular flexibility index (Phi) is 8.14. The topological polar surface area (TPSA) is 35.5 Å². The fraction of sp³-hybridized carbons (Fsp3) is 0.625. The Morgan fingerprint density at radius 2 is 1.73 bits per heavy atom. The van der Waals surface area contributed by atoms with Gasteiger partial charge in [0.15, 0.2) is 11.6 Å². The summed E-state index contributed by atoms with van der Waals surface area (Å²) in [6.07, 6.45) is 0. The molecule has 0 amide bonds. The van der Waals surface area contributed by atoms with E-state index in [4.69, 9.17) is 0 Å². The molecular weight excluding hydrogens is 326 g/mol. The van der Waals surface area contributed by atoms with Gasteiger partial charge in [-0.25, -0.2) is 4.39 Å². The Balaban J connectivity index is 0.00000220. The minimum Gasteiger partial charge on any atom is -0.505 e. The van der Waals surface area contributed by atoms with E-state index in [9.17, 15) is 9.50 Å². The maximum atomic E-state index is 13.8. The number of nitrogens with one attached hydrogen (secondary N) is 1. The molecule has 22 heavy (non-hydrogen) atoms. The molecule has 0 radical (unpaired) electrons. The van der Waals surface area contributed by atoms with Crippen LogP contribution in [0.4, 0.5) is 4.39 Å². The first-order valence-corrected chi connectivity index (χ1v) is 7.25. The monoisotopic (exact) mass is 352 g/mol. The van der Waals surface area contributed by atoms with E-state index in [0.717, 1.165) is 37.3 Å². The summed E-state index contributed by atoms with van der Waals surface area (Å²) in [5.74, 6) is -0.724. The summed E-state index contributed by atoms with van der Waals surface area (Å²) in [4.78, 5) is 2.35. The lowest BCUT2D eigenvalue weighted by Gasteiger charge is -2.43. The maximum Gasteiger partial charge on any atom is 0.165 e. The summed E-state index contributed by atoms with van der Waals surface area (Å²) in [5, 5.41) is 13.6. The maximum absolute atomic E-state index is 13.8. The van der Waals surface area contributed by atoms with Gasteiger partial charge in [-0.1, -0.05) is 26.8 Å². The van der Waals surface area contributed by atoms with Gasteiger partial charge in [-0.2, -0.15) is 0 Å². The molecule has 1 aromatic carbocycles. The average Bonchev–Trinajstić information content (AvgIpc) is 2.39. The van der Waals surface area contributed by atoms with Crippen molar-refractivity contribution < 1.29 is 9.50 Å². The number of benzene rings is 1. The van der Waals surface area contributed by atoms with Crippen molar-refractivity contribution in [3.8, 4) is 5.75 Å². The second kappa shape index (κ2) is 8.34. The summed E-state index contributed by atoms with van der Waals surface area (Å²) in [6, 6.07) is 3.11.